The van der Waals surface area contributed by atoms with Gasteiger partial charge in [-0.2, -0.15) is 0 Å². The van der Waals surface area contributed by atoms with Gasteiger partial charge in [-0.15, -0.1) is 0 Å². The number of benzene rings is 3. The first-order valence-electron chi connectivity index (χ1n) is 9.79. The molecule has 30 heavy (non-hydrogen) atoms. The maximum Gasteiger partial charge on any atom is 0.266 e. The van der Waals surface area contributed by atoms with E-state index in [0.717, 1.165) is 23.7 Å². The summed E-state index contributed by atoms with van der Waals surface area (Å²) in [5, 5.41) is 0.571. The van der Waals surface area contributed by atoms with Gasteiger partial charge in [-0.1, -0.05) is 47.5 Å². The van der Waals surface area contributed by atoms with Crippen LogP contribution in [0.1, 0.15) is 33.6 Å². The van der Waals surface area contributed by atoms with E-state index < -0.39 is 11.8 Å². The zero-order valence-corrected chi connectivity index (χ0v) is 17.7. The van der Waals surface area contributed by atoms with Crippen LogP contribution in [0.25, 0.3) is 0 Å². The number of halogens is 2. The maximum absolute atomic E-state index is 13.4. The van der Waals surface area contributed by atoms with Crippen LogP contribution in [0.15, 0.2) is 72.8 Å². The highest BCUT2D eigenvalue weighted by Gasteiger charge is 2.28. The van der Waals surface area contributed by atoms with Gasteiger partial charge >= 0.3 is 0 Å². The molecule has 0 atom stereocenters. The van der Waals surface area contributed by atoms with Crippen molar-refractivity contribution in [2.24, 2.45) is 0 Å². The summed E-state index contributed by atoms with van der Waals surface area (Å²) in [6.07, 6.45) is 2.34. The van der Waals surface area contributed by atoms with Gasteiger partial charge in [-0.05, 0) is 61.4 Å². The molecule has 0 radical (unpaired) electrons. The van der Waals surface area contributed by atoms with Crippen molar-refractivity contribution in [2.75, 3.05) is 22.9 Å². The van der Waals surface area contributed by atoms with Gasteiger partial charge in [0.1, 0.15) is 0 Å². The Hall–Kier alpha value is -2.82. The Balaban J connectivity index is 1.75. The Kier molecular flexibility index (Phi) is 6.07. The fraction of sp³-hybridized carbons (Fsp3) is 0.167. The minimum absolute atomic E-state index is 0.253. The van der Waals surface area contributed by atoms with E-state index in [-0.39, 0.29) is 21.2 Å². The standard InChI is InChI=1S/C24H20Cl2N2O2/c25-21-9-3-1-7-19(21)23(29)28(24(30)20-8-2-4-10-22(20)26)18-13-11-17(12-14-18)27-15-5-6-16-27/h1-4,7-14H,5-6,15-16H2. The lowest BCUT2D eigenvalue weighted by Gasteiger charge is -2.24. The SMILES string of the molecule is O=C(c1ccccc1Cl)N(C(=O)c1ccccc1Cl)c1ccc(N2CCCC2)cc1. The molecule has 0 unspecified atom stereocenters. The molecule has 1 aliphatic rings. The Morgan fingerprint density at radius 3 is 1.63 bits per heavy atom. The Morgan fingerprint density at radius 1 is 0.700 bits per heavy atom. The van der Waals surface area contributed by atoms with Crippen molar-refractivity contribution in [1.82, 2.24) is 0 Å². The fourth-order valence-electron chi connectivity index (χ4n) is 3.62. The molecular weight excluding hydrogens is 419 g/mol. The smallest absolute Gasteiger partial charge is 0.266 e. The first-order chi connectivity index (χ1) is 14.6. The molecule has 152 valence electrons. The maximum atomic E-state index is 13.4. The van der Waals surface area contributed by atoms with Crippen LogP contribution in [0.3, 0.4) is 0 Å². The zero-order chi connectivity index (χ0) is 21.1. The highest BCUT2D eigenvalue weighted by atomic mass is 35.5. The number of hydrogen-bond donors (Lipinski definition) is 0. The van der Waals surface area contributed by atoms with Gasteiger partial charge in [0.2, 0.25) is 0 Å². The Morgan fingerprint density at radius 2 is 1.17 bits per heavy atom. The number of carbonyl (C=O) groups excluding carboxylic acids is 2. The first kappa shape index (κ1) is 20.5. The molecule has 4 rings (SSSR count). The minimum Gasteiger partial charge on any atom is -0.372 e. The third-order valence-corrected chi connectivity index (χ3v) is 5.85. The predicted molar refractivity (Wildman–Crippen MR) is 122 cm³/mol. The van der Waals surface area contributed by atoms with Crippen molar-refractivity contribution in [3.8, 4) is 0 Å². The quantitative estimate of drug-likeness (QED) is 0.463. The van der Waals surface area contributed by atoms with Crippen LogP contribution in [0.5, 0.6) is 0 Å². The van der Waals surface area contributed by atoms with E-state index in [1.807, 2.05) is 12.1 Å². The van der Waals surface area contributed by atoms with Gasteiger partial charge in [-0.25, -0.2) is 4.90 Å². The molecule has 6 heteroatoms. The van der Waals surface area contributed by atoms with E-state index in [0.29, 0.717) is 5.69 Å². The van der Waals surface area contributed by atoms with Crippen LogP contribution in [0.2, 0.25) is 10.0 Å². The second-order valence-corrected chi connectivity index (χ2v) is 7.93. The molecule has 1 heterocycles. The summed E-state index contributed by atoms with van der Waals surface area (Å²) in [4.78, 5) is 30.2. The third kappa shape index (κ3) is 4.07. The normalized spacial score (nSPS) is 13.3. The van der Waals surface area contributed by atoms with E-state index in [1.54, 1.807) is 60.7 Å². The number of carbonyl (C=O) groups is 2. The van der Waals surface area contributed by atoms with Crippen molar-refractivity contribution < 1.29 is 9.59 Å². The molecule has 1 fully saturated rings. The average Bonchev–Trinajstić information content (AvgIpc) is 3.30. The van der Waals surface area contributed by atoms with Crippen LogP contribution in [-0.4, -0.2) is 24.9 Å². The van der Waals surface area contributed by atoms with E-state index in [9.17, 15) is 9.59 Å². The predicted octanol–water partition coefficient (Wildman–Crippen LogP) is 6.08. The lowest BCUT2D eigenvalue weighted by molar-refractivity contribution is 0.0898. The average molecular weight is 439 g/mol. The Bertz CT molecular complexity index is 1020. The van der Waals surface area contributed by atoms with Crippen molar-refractivity contribution in [3.05, 3.63) is 94.0 Å². The summed E-state index contributed by atoms with van der Waals surface area (Å²) in [6.45, 7) is 2.03. The zero-order valence-electron chi connectivity index (χ0n) is 16.2. The highest BCUT2D eigenvalue weighted by molar-refractivity contribution is 6.39. The summed E-state index contributed by atoms with van der Waals surface area (Å²) in [5.41, 5.74) is 2.05. The first-order valence-corrected chi connectivity index (χ1v) is 10.5. The summed E-state index contributed by atoms with van der Waals surface area (Å²) in [6, 6.07) is 20.8. The summed E-state index contributed by atoms with van der Waals surface area (Å²) in [5.74, 6) is -1.00. The Labute approximate surface area is 185 Å². The summed E-state index contributed by atoms with van der Waals surface area (Å²) >= 11 is 12.5. The van der Waals surface area contributed by atoms with Gasteiger partial charge in [0.15, 0.2) is 0 Å². The van der Waals surface area contributed by atoms with Gasteiger partial charge in [-0.3, -0.25) is 9.59 Å². The van der Waals surface area contributed by atoms with Gasteiger partial charge in [0, 0.05) is 18.8 Å². The van der Waals surface area contributed by atoms with E-state index in [1.165, 1.54) is 12.8 Å². The number of nitrogens with zero attached hydrogens (tertiary/aromatic N) is 2. The molecule has 0 aromatic heterocycles. The molecular formula is C24H20Cl2N2O2. The van der Waals surface area contributed by atoms with E-state index >= 15 is 0 Å². The molecule has 0 saturated carbocycles. The molecule has 0 spiro atoms. The van der Waals surface area contributed by atoms with E-state index in [4.69, 9.17) is 23.2 Å². The number of anilines is 2. The number of rotatable bonds is 4. The molecule has 1 aliphatic heterocycles. The number of amides is 2. The lowest BCUT2D eigenvalue weighted by Crippen LogP contribution is -2.37. The van der Waals surface area contributed by atoms with Crippen molar-refractivity contribution in [1.29, 1.82) is 0 Å². The van der Waals surface area contributed by atoms with Crippen molar-refractivity contribution in [3.63, 3.8) is 0 Å². The number of imide groups is 1. The lowest BCUT2D eigenvalue weighted by atomic mass is 10.1. The van der Waals surface area contributed by atoms with Crippen molar-refractivity contribution in [2.45, 2.75) is 12.8 Å². The van der Waals surface area contributed by atoms with Gasteiger partial charge in [0.05, 0.1) is 26.9 Å². The monoisotopic (exact) mass is 438 g/mol. The second kappa shape index (κ2) is 8.90. The molecule has 3 aromatic rings. The van der Waals surface area contributed by atoms with E-state index in [2.05, 4.69) is 4.90 Å². The highest BCUT2D eigenvalue weighted by Crippen LogP contribution is 2.29. The third-order valence-electron chi connectivity index (χ3n) is 5.19. The van der Waals surface area contributed by atoms with Crippen LogP contribution < -0.4 is 9.80 Å². The minimum atomic E-state index is -0.501. The fourth-order valence-corrected chi connectivity index (χ4v) is 4.06. The molecule has 0 aliphatic carbocycles. The summed E-state index contributed by atoms with van der Waals surface area (Å²) in [7, 11) is 0. The van der Waals surface area contributed by atoms with Crippen LogP contribution in [0.4, 0.5) is 11.4 Å². The molecule has 1 saturated heterocycles. The van der Waals surface area contributed by atoms with Gasteiger partial charge < -0.3 is 4.90 Å². The molecule has 2 amide bonds. The van der Waals surface area contributed by atoms with Crippen molar-refractivity contribution >= 4 is 46.4 Å². The largest absolute Gasteiger partial charge is 0.372 e. The van der Waals surface area contributed by atoms with Gasteiger partial charge in [0.25, 0.3) is 11.8 Å². The molecule has 4 nitrogen and oxygen atoms in total. The molecule has 3 aromatic carbocycles. The molecule has 0 bridgehead atoms. The van der Waals surface area contributed by atoms with Crippen LogP contribution in [-0.2, 0) is 0 Å². The summed E-state index contributed by atoms with van der Waals surface area (Å²) < 4.78 is 0. The second-order valence-electron chi connectivity index (χ2n) is 7.12. The topological polar surface area (TPSA) is 40.6 Å². The van der Waals surface area contributed by atoms with Crippen LogP contribution >= 0.6 is 23.2 Å². The molecule has 0 N–H and O–H groups in total. The van der Waals surface area contributed by atoms with Crippen LogP contribution in [0, 0.1) is 0 Å². The number of hydrogen-bond acceptors (Lipinski definition) is 3.